The van der Waals surface area contributed by atoms with Crippen molar-refractivity contribution in [3.63, 3.8) is 0 Å². The summed E-state index contributed by atoms with van der Waals surface area (Å²) in [4.78, 5) is 18.7. The van der Waals surface area contributed by atoms with Crippen molar-refractivity contribution in [2.24, 2.45) is 0 Å². The van der Waals surface area contributed by atoms with E-state index >= 15 is 0 Å². The molecule has 5 nitrogen and oxygen atoms in total. The lowest BCUT2D eigenvalue weighted by Crippen LogP contribution is -2.49. The molecule has 2 aliphatic rings. The second kappa shape index (κ2) is 7.76. The van der Waals surface area contributed by atoms with Crippen LogP contribution in [0.3, 0.4) is 0 Å². The van der Waals surface area contributed by atoms with Crippen molar-refractivity contribution in [3.05, 3.63) is 65.0 Å². The van der Waals surface area contributed by atoms with Gasteiger partial charge in [-0.15, -0.1) is 0 Å². The molecular weight excluding hydrogens is 350 g/mol. The summed E-state index contributed by atoms with van der Waals surface area (Å²) in [7, 11) is 0. The summed E-state index contributed by atoms with van der Waals surface area (Å²) in [5, 5.41) is 2.95. The predicted molar refractivity (Wildman–Crippen MR) is 110 cm³/mol. The van der Waals surface area contributed by atoms with E-state index in [-0.39, 0.29) is 11.5 Å². The standard InChI is InChI=1S/C23H27N3O2/c1-17-13-19-6-7-23(28-21(19)14-18(17)2)8-11-26(12-9-23)16-22(27)25-15-20-5-3-4-10-24-20/h3-7,10,13-14H,8-9,11-12,15-16H2,1-2H3,(H,25,27). The molecule has 5 heteroatoms. The first-order valence-electron chi connectivity index (χ1n) is 9.91. The van der Waals surface area contributed by atoms with Crippen LogP contribution in [0.25, 0.3) is 6.08 Å². The van der Waals surface area contributed by atoms with Gasteiger partial charge in [-0.25, -0.2) is 0 Å². The van der Waals surface area contributed by atoms with Crippen LogP contribution in [0.15, 0.2) is 42.6 Å². The highest BCUT2D eigenvalue weighted by Crippen LogP contribution is 2.38. The largest absolute Gasteiger partial charge is 0.482 e. The van der Waals surface area contributed by atoms with Gasteiger partial charge in [0.2, 0.25) is 5.91 Å². The van der Waals surface area contributed by atoms with Gasteiger partial charge < -0.3 is 10.1 Å². The van der Waals surface area contributed by atoms with E-state index in [9.17, 15) is 4.79 Å². The number of aryl methyl sites for hydroxylation is 2. The molecule has 2 aliphatic heterocycles. The van der Waals surface area contributed by atoms with E-state index in [0.29, 0.717) is 13.1 Å². The zero-order valence-electron chi connectivity index (χ0n) is 16.6. The van der Waals surface area contributed by atoms with Crippen LogP contribution >= 0.6 is 0 Å². The maximum absolute atomic E-state index is 12.3. The Labute approximate surface area is 166 Å². The lowest BCUT2D eigenvalue weighted by Gasteiger charge is -2.41. The zero-order valence-corrected chi connectivity index (χ0v) is 16.6. The Bertz CT molecular complexity index is 884. The summed E-state index contributed by atoms with van der Waals surface area (Å²) in [5.74, 6) is 1.02. The molecule has 1 N–H and O–H groups in total. The Morgan fingerprint density at radius 3 is 2.75 bits per heavy atom. The summed E-state index contributed by atoms with van der Waals surface area (Å²) in [6.45, 7) is 6.84. The molecule has 0 unspecified atom stereocenters. The van der Waals surface area contributed by atoms with Gasteiger partial charge in [-0.05, 0) is 55.3 Å². The van der Waals surface area contributed by atoms with E-state index in [1.165, 1.54) is 11.1 Å². The Hall–Kier alpha value is -2.66. The zero-order chi connectivity index (χ0) is 19.6. The van der Waals surface area contributed by atoms with Gasteiger partial charge in [-0.3, -0.25) is 14.7 Å². The maximum atomic E-state index is 12.3. The van der Waals surface area contributed by atoms with Crippen molar-refractivity contribution in [2.75, 3.05) is 19.6 Å². The van der Waals surface area contributed by atoms with E-state index in [4.69, 9.17) is 4.74 Å². The number of amides is 1. The summed E-state index contributed by atoms with van der Waals surface area (Å²) >= 11 is 0. The monoisotopic (exact) mass is 377 g/mol. The third-order valence-corrected chi connectivity index (χ3v) is 5.77. The fraction of sp³-hybridized carbons (Fsp3) is 0.391. The van der Waals surface area contributed by atoms with Crippen LogP contribution in [0.5, 0.6) is 5.75 Å². The summed E-state index contributed by atoms with van der Waals surface area (Å²) in [6.07, 6.45) is 7.93. The minimum Gasteiger partial charge on any atom is -0.482 e. The van der Waals surface area contributed by atoms with Crippen molar-refractivity contribution in [2.45, 2.75) is 38.8 Å². The van der Waals surface area contributed by atoms with Crippen molar-refractivity contribution in [1.82, 2.24) is 15.2 Å². The molecule has 2 aromatic rings. The number of aromatic nitrogens is 1. The van der Waals surface area contributed by atoms with Crippen LogP contribution in [-0.2, 0) is 11.3 Å². The van der Waals surface area contributed by atoms with Crippen molar-refractivity contribution in [1.29, 1.82) is 0 Å². The number of benzene rings is 1. The van der Waals surface area contributed by atoms with Crippen LogP contribution in [0.1, 0.15) is 35.2 Å². The molecule has 0 aliphatic carbocycles. The topological polar surface area (TPSA) is 54.5 Å². The van der Waals surface area contributed by atoms with E-state index in [0.717, 1.165) is 42.9 Å². The molecule has 4 rings (SSSR count). The average molecular weight is 377 g/mol. The van der Waals surface area contributed by atoms with E-state index in [1.54, 1.807) is 6.20 Å². The number of rotatable bonds is 4. The number of hydrogen-bond acceptors (Lipinski definition) is 4. The molecule has 1 fully saturated rings. The minimum absolute atomic E-state index is 0.0400. The van der Waals surface area contributed by atoms with Gasteiger partial charge in [0.25, 0.3) is 0 Å². The lowest BCUT2D eigenvalue weighted by atomic mass is 9.87. The molecule has 28 heavy (non-hydrogen) atoms. The highest BCUT2D eigenvalue weighted by molar-refractivity contribution is 5.78. The number of pyridine rings is 1. The quantitative estimate of drug-likeness (QED) is 0.889. The van der Waals surface area contributed by atoms with Crippen LogP contribution < -0.4 is 10.1 Å². The van der Waals surface area contributed by atoms with Gasteiger partial charge >= 0.3 is 0 Å². The number of ether oxygens (including phenoxy) is 1. The number of carbonyl (C=O) groups is 1. The molecule has 146 valence electrons. The van der Waals surface area contributed by atoms with E-state index in [1.807, 2.05) is 18.2 Å². The number of carbonyl (C=O) groups excluding carboxylic acids is 1. The molecule has 1 spiro atoms. The van der Waals surface area contributed by atoms with Gasteiger partial charge in [0.05, 0.1) is 18.8 Å². The first-order chi connectivity index (χ1) is 13.5. The van der Waals surface area contributed by atoms with Crippen molar-refractivity contribution < 1.29 is 9.53 Å². The average Bonchev–Trinajstić information content (AvgIpc) is 2.70. The lowest BCUT2D eigenvalue weighted by molar-refractivity contribution is -0.123. The molecule has 1 aromatic heterocycles. The molecule has 1 amide bonds. The van der Waals surface area contributed by atoms with Crippen LogP contribution in [-0.4, -0.2) is 41.0 Å². The van der Waals surface area contributed by atoms with Crippen LogP contribution in [0, 0.1) is 13.8 Å². The Kier molecular flexibility index (Phi) is 5.18. The Morgan fingerprint density at radius 2 is 2.00 bits per heavy atom. The second-order valence-electron chi connectivity index (χ2n) is 7.85. The van der Waals surface area contributed by atoms with E-state index < -0.39 is 0 Å². The summed E-state index contributed by atoms with van der Waals surface area (Å²) < 4.78 is 6.43. The smallest absolute Gasteiger partial charge is 0.234 e. The number of piperidine rings is 1. The first-order valence-corrected chi connectivity index (χ1v) is 9.91. The SMILES string of the molecule is Cc1cc2c(cc1C)OC1(C=C2)CCN(CC(=O)NCc2ccccn2)CC1. The summed E-state index contributed by atoms with van der Waals surface area (Å²) in [6, 6.07) is 10.1. The highest BCUT2D eigenvalue weighted by atomic mass is 16.5. The second-order valence-corrected chi connectivity index (χ2v) is 7.85. The first kappa shape index (κ1) is 18.7. The highest BCUT2D eigenvalue weighted by Gasteiger charge is 2.37. The normalized spacial score (nSPS) is 17.8. The fourth-order valence-electron chi connectivity index (χ4n) is 3.83. The third-order valence-electron chi connectivity index (χ3n) is 5.77. The van der Waals surface area contributed by atoms with Gasteiger partial charge in [0.1, 0.15) is 11.4 Å². The van der Waals surface area contributed by atoms with Gasteiger partial charge in [-0.1, -0.05) is 12.1 Å². The number of fused-ring (bicyclic) bond motifs is 1. The van der Waals surface area contributed by atoms with Crippen molar-refractivity contribution >= 4 is 12.0 Å². The van der Waals surface area contributed by atoms with Crippen LogP contribution in [0.4, 0.5) is 0 Å². The minimum atomic E-state index is -0.240. The van der Waals surface area contributed by atoms with E-state index in [2.05, 4.69) is 53.3 Å². The maximum Gasteiger partial charge on any atom is 0.234 e. The molecule has 1 aromatic carbocycles. The Balaban J connectivity index is 1.30. The third kappa shape index (κ3) is 4.09. The predicted octanol–water partition coefficient (Wildman–Crippen LogP) is 3.26. The molecule has 0 radical (unpaired) electrons. The number of nitrogens with one attached hydrogen (secondary N) is 1. The molecule has 0 atom stereocenters. The van der Waals surface area contributed by atoms with Gasteiger partial charge in [0.15, 0.2) is 0 Å². The van der Waals surface area contributed by atoms with Crippen molar-refractivity contribution in [3.8, 4) is 5.75 Å². The Morgan fingerprint density at radius 1 is 1.21 bits per heavy atom. The van der Waals surface area contributed by atoms with Gasteiger partial charge in [-0.2, -0.15) is 0 Å². The molecule has 0 saturated carbocycles. The number of nitrogens with zero attached hydrogens (tertiary/aromatic N) is 2. The number of likely N-dealkylation sites (tertiary alicyclic amines) is 1. The fourth-order valence-corrected chi connectivity index (χ4v) is 3.83. The summed E-state index contributed by atoms with van der Waals surface area (Å²) in [5.41, 5.74) is 4.33. The van der Waals surface area contributed by atoms with Gasteiger partial charge in [0, 0.05) is 37.7 Å². The number of hydrogen-bond donors (Lipinski definition) is 1. The molecular formula is C23H27N3O2. The molecule has 3 heterocycles. The molecule has 1 saturated heterocycles. The van der Waals surface area contributed by atoms with Crippen LogP contribution in [0.2, 0.25) is 0 Å². The molecule has 0 bridgehead atoms.